The highest BCUT2D eigenvalue weighted by Gasteiger charge is 2.22. The van der Waals surface area contributed by atoms with Crippen LogP contribution in [-0.2, 0) is 13.7 Å². The largest absolute Gasteiger partial charge is 0.395 e. The third-order valence-electron chi connectivity index (χ3n) is 8.00. The Balaban J connectivity index is 1.19. The number of hydrogen-bond donors (Lipinski definition) is 4. The monoisotopic (exact) mass is 599 g/mol. The molecule has 44 heavy (non-hydrogen) atoms. The Hall–Kier alpha value is -4.55. The minimum absolute atomic E-state index is 0.127. The Morgan fingerprint density at radius 2 is 1.89 bits per heavy atom. The van der Waals surface area contributed by atoms with E-state index in [2.05, 4.69) is 40.8 Å². The molecular formula is C32H38FN9O2. The first kappa shape index (κ1) is 29.5. The van der Waals surface area contributed by atoms with Crippen molar-refractivity contribution in [3.63, 3.8) is 0 Å². The average molecular weight is 600 g/mol. The van der Waals surface area contributed by atoms with Crippen LogP contribution in [0.3, 0.4) is 0 Å². The third kappa shape index (κ3) is 6.98. The standard InChI is InChI=1S/C32H38FN9O2/c1-21-3-4-25(37-32(44)23-13-22(18-33)14-26(15-23)42-9-7-41(8-10-42)11-12-43)16-28(21)38-31-27(19-40(2)39-31)29-17-30(35-20-34-29)36-24-5-6-24/h3-4,13-17,19-20,24,43H,5-12,18H2,1-2H3,(H,37,44)(H,38,39)(H,34,35,36). The summed E-state index contributed by atoms with van der Waals surface area (Å²) in [4.78, 5) is 26.6. The lowest BCUT2D eigenvalue weighted by Gasteiger charge is -2.36. The fourth-order valence-electron chi connectivity index (χ4n) is 5.39. The summed E-state index contributed by atoms with van der Waals surface area (Å²) in [6.07, 6.45) is 5.77. The highest BCUT2D eigenvalue weighted by molar-refractivity contribution is 6.05. The summed E-state index contributed by atoms with van der Waals surface area (Å²) in [5, 5.41) is 23.7. The number of hydrogen-bond acceptors (Lipinski definition) is 9. The number of amides is 1. The van der Waals surface area contributed by atoms with Gasteiger partial charge in [0.2, 0.25) is 0 Å². The van der Waals surface area contributed by atoms with Crippen LogP contribution in [0.25, 0.3) is 11.3 Å². The van der Waals surface area contributed by atoms with Crippen molar-refractivity contribution in [3.05, 3.63) is 71.7 Å². The van der Waals surface area contributed by atoms with Gasteiger partial charge < -0.3 is 26.0 Å². The maximum absolute atomic E-state index is 13.8. The first-order chi connectivity index (χ1) is 21.4. The highest BCUT2D eigenvalue weighted by Crippen LogP contribution is 2.32. The van der Waals surface area contributed by atoms with Crippen LogP contribution in [0.5, 0.6) is 0 Å². The highest BCUT2D eigenvalue weighted by atomic mass is 19.1. The van der Waals surface area contributed by atoms with E-state index in [0.717, 1.165) is 73.0 Å². The minimum atomic E-state index is -0.659. The van der Waals surface area contributed by atoms with E-state index in [1.165, 1.54) is 0 Å². The van der Waals surface area contributed by atoms with Crippen molar-refractivity contribution in [1.29, 1.82) is 0 Å². The summed E-state index contributed by atoms with van der Waals surface area (Å²) in [6.45, 7) is 5.18. The van der Waals surface area contributed by atoms with Crippen LogP contribution in [-0.4, -0.2) is 81.0 Å². The van der Waals surface area contributed by atoms with Gasteiger partial charge in [-0.2, -0.15) is 5.10 Å². The lowest BCUT2D eigenvalue weighted by molar-refractivity contribution is 0.102. The van der Waals surface area contributed by atoms with Crippen molar-refractivity contribution < 1.29 is 14.3 Å². The molecule has 0 spiro atoms. The fourth-order valence-corrected chi connectivity index (χ4v) is 5.39. The van der Waals surface area contributed by atoms with Crippen molar-refractivity contribution >= 4 is 34.6 Å². The number of aliphatic hydroxyl groups is 1. The molecule has 2 fully saturated rings. The van der Waals surface area contributed by atoms with Crippen LogP contribution in [0.15, 0.2) is 55.0 Å². The molecule has 0 atom stereocenters. The third-order valence-corrected chi connectivity index (χ3v) is 8.00. The maximum atomic E-state index is 13.8. The van der Waals surface area contributed by atoms with E-state index in [9.17, 15) is 14.3 Å². The molecule has 0 unspecified atom stereocenters. The Bertz CT molecular complexity index is 1630. The Kier molecular flexibility index (Phi) is 8.71. The topological polar surface area (TPSA) is 123 Å². The summed E-state index contributed by atoms with van der Waals surface area (Å²) in [7, 11) is 1.86. The molecule has 4 N–H and O–H groups in total. The van der Waals surface area contributed by atoms with Gasteiger partial charge in [0.05, 0.1) is 17.9 Å². The van der Waals surface area contributed by atoms with Gasteiger partial charge in [-0.15, -0.1) is 0 Å². The molecule has 1 saturated heterocycles. The van der Waals surface area contributed by atoms with E-state index in [4.69, 9.17) is 0 Å². The number of alkyl halides is 1. The number of benzene rings is 2. The zero-order valence-corrected chi connectivity index (χ0v) is 25.1. The molecule has 2 aromatic carbocycles. The zero-order chi connectivity index (χ0) is 30.6. The van der Waals surface area contributed by atoms with Gasteiger partial charge in [0, 0.05) is 80.7 Å². The molecule has 11 nitrogen and oxygen atoms in total. The molecule has 4 aromatic rings. The van der Waals surface area contributed by atoms with Gasteiger partial charge in [-0.3, -0.25) is 14.4 Å². The second kappa shape index (κ2) is 13.0. The number of piperazine rings is 1. The van der Waals surface area contributed by atoms with Gasteiger partial charge in [-0.1, -0.05) is 6.07 Å². The molecule has 1 aliphatic carbocycles. The molecule has 12 heteroatoms. The van der Waals surface area contributed by atoms with E-state index in [-0.39, 0.29) is 12.5 Å². The minimum Gasteiger partial charge on any atom is -0.395 e. The molecular weight excluding hydrogens is 561 g/mol. The van der Waals surface area contributed by atoms with Crippen molar-refractivity contribution in [2.24, 2.45) is 7.05 Å². The van der Waals surface area contributed by atoms with Crippen molar-refractivity contribution in [2.75, 3.05) is 60.2 Å². The van der Waals surface area contributed by atoms with Gasteiger partial charge in [0.15, 0.2) is 5.82 Å². The van der Waals surface area contributed by atoms with Crippen LogP contribution in [0.2, 0.25) is 0 Å². The Labute approximate surface area is 256 Å². The van der Waals surface area contributed by atoms with Gasteiger partial charge in [0.25, 0.3) is 5.91 Å². The average Bonchev–Trinajstić information content (AvgIpc) is 3.77. The summed E-state index contributed by atoms with van der Waals surface area (Å²) in [5.74, 6) is 1.11. The zero-order valence-electron chi connectivity index (χ0n) is 25.1. The van der Waals surface area contributed by atoms with Crippen LogP contribution in [0.1, 0.15) is 34.3 Å². The van der Waals surface area contributed by atoms with Crippen LogP contribution in [0, 0.1) is 6.92 Å². The predicted molar refractivity (Wildman–Crippen MR) is 170 cm³/mol. The van der Waals surface area contributed by atoms with E-state index in [1.807, 2.05) is 50.5 Å². The van der Waals surface area contributed by atoms with Crippen LogP contribution in [0.4, 0.5) is 33.1 Å². The molecule has 6 rings (SSSR count). The van der Waals surface area contributed by atoms with Gasteiger partial charge in [-0.05, 0) is 61.2 Å². The Morgan fingerprint density at radius 3 is 2.64 bits per heavy atom. The van der Waals surface area contributed by atoms with Crippen LogP contribution >= 0.6 is 0 Å². The summed E-state index contributed by atoms with van der Waals surface area (Å²) in [6, 6.07) is 13.3. The SMILES string of the molecule is Cc1ccc(NC(=O)c2cc(CF)cc(N3CCN(CCO)CC3)c2)cc1Nc1nn(C)cc1-c1cc(NC2CC2)ncn1. The van der Waals surface area contributed by atoms with Crippen molar-refractivity contribution in [3.8, 4) is 11.3 Å². The maximum Gasteiger partial charge on any atom is 0.255 e. The number of aryl methyl sites for hydroxylation is 2. The first-order valence-electron chi connectivity index (χ1n) is 15.0. The summed E-state index contributed by atoms with van der Waals surface area (Å²) in [5.41, 5.74) is 5.61. The smallest absolute Gasteiger partial charge is 0.255 e. The number of nitrogens with zero attached hydrogens (tertiary/aromatic N) is 6. The number of nitrogens with one attached hydrogen (secondary N) is 3. The second-order valence-corrected chi connectivity index (χ2v) is 11.5. The lowest BCUT2D eigenvalue weighted by atomic mass is 10.1. The number of anilines is 5. The van der Waals surface area contributed by atoms with E-state index in [0.29, 0.717) is 35.2 Å². The normalized spacial score (nSPS) is 15.3. The van der Waals surface area contributed by atoms with Gasteiger partial charge in [0.1, 0.15) is 18.8 Å². The van der Waals surface area contributed by atoms with E-state index >= 15 is 0 Å². The molecule has 1 amide bonds. The molecule has 230 valence electrons. The number of carbonyl (C=O) groups is 1. The number of rotatable bonds is 11. The predicted octanol–water partition coefficient (Wildman–Crippen LogP) is 4.34. The molecule has 2 aliphatic rings. The molecule has 3 heterocycles. The molecule has 0 radical (unpaired) electrons. The van der Waals surface area contributed by atoms with Crippen molar-refractivity contribution in [2.45, 2.75) is 32.5 Å². The van der Waals surface area contributed by atoms with Crippen molar-refractivity contribution in [1.82, 2.24) is 24.6 Å². The summed E-state index contributed by atoms with van der Waals surface area (Å²) >= 11 is 0. The van der Waals surface area contributed by atoms with Crippen LogP contribution < -0.4 is 20.9 Å². The Morgan fingerprint density at radius 1 is 1.07 bits per heavy atom. The lowest BCUT2D eigenvalue weighted by Crippen LogP contribution is -2.47. The van der Waals surface area contributed by atoms with Gasteiger partial charge >= 0.3 is 0 Å². The van der Waals surface area contributed by atoms with Gasteiger partial charge in [-0.25, -0.2) is 14.4 Å². The number of carbonyl (C=O) groups excluding carboxylic acids is 1. The second-order valence-electron chi connectivity index (χ2n) is 11.5. The number of aromatic nitrogens is 4. The van der Waals surface area contributed by atoms with E-state index in [1.54, 1.807) is 23.1 Å². The summed E-state index contributed by atoms with van der Waals surface area (Å²) < 4.78 is 15.6. The number of β-amino-alcohol motifs (C(OH)–C–C–N with tert-alkyl or cyclic N) is 1. The van der Waals surface area contributed by atoms with E-state index < -0.39 is 6.67 Å². The molecule has 1 aliphatic heterocycles. The fraction of sp³-hybridized carbons (Fsp3) is 0.375. The molecule has 2 aromatic heterocycles. The number of aliphatic hydroxyl groups excluding tert-OH is 1. The quantitative estimate of drug-likeness (QED) is 0.199. The molecule has 1 saturated carbocycles. The molecule has 0 bridgehead atoms. The first-order valence-corrected chi connectivity index (χ1v) is 15.0. The number of halogens is 1.